The van der Waals surface area contributed by atoms with Crippen molar-refractivity contribution in [2.24, 2.45) is 12.0 Å². The van der Waals surface area contributed by atoms with E-state index in [0.717, 1.165) is 17.2 Å². The van der Waals surface area contributed by atoms with Crippen LogP contribution in [0, 0.1) is 19.7 Å². The number of halogens is 2. The Balaban J connectivity index is 0.00000264. The van der Waals surface area contributed by atoms with Crippen LogP contribution in [0.2, 0.25) is 0 Å². The molecule has 8 heteroatoms. The molecule has 1 aromatic carbocycles. The van der Waals surface area contributed by atoms with E-state index >= 15 is 0 Å². The molecule has 0 aliphatic heterocycles. The lowest BCUT2D eigenvalue weighted by Gasteiger charge is -2.12. The number of hydrogen-bond donors (Lipinski definition) is 2. The highest BCUT2D eigenvalue weighted by Crippen LogP contribution is 2.08. The first-order valence-corrected chi connectivity index (χ1v) is 7.05. The van der Waals surface area contributed by atoms with E-state index in [9.17, 15) is 4.39 Å². The van der Waals surface area contributed by atoms with Crippen molar-refractivity contribution < 1.29 is 4.39 Å². The molecule has 0 saturated carbocycles. The largest absolute Gasteiger partial charge is 0.352 e. The Labute approximate surface area is 152 Å². The Morgan fingerprint density at radius 3 is 2.48 bits per heavy atom. The Bertz CT molecular complexity index is 683. The van der Waals surface area contributed by atoms with E-state index in [1.807, 2.05) is 24.6 Å². The van der Waals surface area contributed by atoms with Crippen LogP contribution in [0.25, 0.3) is 0 Å². The summed E-state index contributed by atoms with van der Waals surface area (Å²) in [6.07, 6.45) is 0. The molecule has 1 heterocycles. The zero-order chi connectivity index (χ0) is 16.1. The minimum Gasteiger partial charge on any atom is -0.352 e. The van der Waals surface area contributed by atoms with Crippen LogP contribution in [0.1, 0.15) is 22.8 Å². The smallest absolute Gasteiger partial charge is 0.191 e. The van der Waals surface area contributed by atoms with Crippen LogP contribution in [-0.4, -0.2) is 27.8 Å². The number of rotatable bonds is 4. The second kappa shape index (κ2) is 8.80. The number of aryl methyl sites for hydroxylation is 2. The van der Waals surface area contributed by atoms with E-state index in [2.05, 4.69) is 25.8 Å². The molecule has 2 aromatic rings. The average Bonchev–Trinajstić information content (AvgIpc) is 2.82. The van der Waals surface area contributed by atoms with Gasteiger partial charge in [-0.3, -0.25) is 4.99 Å². The maximum Gasteiger partial charge on any atom is 0.191 e. The maximum atomic E-state index is 13.5. The van der Waals surface area contributed by atoms with Gasteiger partial charge in [-0.25, -0.2) is 4.39 Å². The standard InChI is InChI=1S/C15H21FN6.HI/c1-10-5-6-12(7-13(10)16)8-18-15(17-3)19-9-14-21-20-11(2)22(14)4;/h5-7H,8-9H2,1-4H3,(H2,17,18,19);1H. The SMILES string of the molecule is CN=C(NCc1ccc(C)c(F)c1)NCc1nnc(C)n1C.I. The van der Waals surface area contributed by atoms with Crippen molar-refractivity contribution in [2.45, 2.75) is 26.9 Å². The minimum absolute atomic E-state index is 0. The normalized spacial score (nSPS) is 11.1. The van der Waals surface area contributed by atoms with Gasteiger partial charge in [-0.15, -0.1) is 34.2 Å². The summed E-state index contributed by atoms with van der Waals surface area (Å²) in [6, 6.07) is 5.19. The lowest BCUT2D eigenvalue weighted by molar-refractivity contribution is 0.615. The second-order valence-corrected chi connectivity index (χ2v) is 5.09. The van der Waals surface area contributed by atoms with Crippen LogP contribution in [0.5, 0.6) is 0 Å². The molecule has 0 aliphatic rings. The summed E-state index contributed by atoms with van der Waals surface area (Å²) in [4.78, 5) is 4.14. The summed E-state index contributed by atoms with van der Waals surface area (Å²) >= 11 is 0. The highest BCUT2D eigenvalue weighted by atomic mass is 127. The zero-order valence-corrected chi connectivity index (χ0v) is 16.1. The highest BCUT2D eigenvalue weighted by Gasteiger charge is 2.06. The topological polar surface area (TPSA) is 67.1 Å². The number of benzene rings is 1. The van der Waals surface area contributed by atoms with Crippen molar-refractivity contribution >= 4 is 29.9 Å². The van der Waals surface area contributed by atoms with E-state index < -0.39 is 0 Å². The predicted molar refractivity (Wildman–Crippen MR) is 99.3 cm³/mol. The molecule has 0 atom stereocenters. The number of hydrogen-bond acceptors (Lipinski definition) is 3. The van der Waals surface area contributed by atoms with E-state index in [1.54, 1.807) is 20.0 Å². The first kappa shape index (κ1) is 19.3. The van der Waals surface area contributed by atoms with Crippen LogP contribution in [-0.2, 0) is 20.1 Å². The number of nitrogens with zero attached hydrogens (tertiary/aromatic N) is 4. The number of aromatic nitrogens is 3. The van der Waals surface area contributed by atoms with Crippen LogP contribution in [0.3, 0.4) is 0 Å². The van der Waals surface area contributed by atoms with E-state index in [-0.39, 0.29) is 29.8 Å². The van der Waals surface area contributed by atoms with Gasteiger partial charge in [-0.2, -0.15) is 0 Å². The Kier molecular flexibility index (Phi) is 7.40. The first-order valence-electron chi connectivity index (χ1n) is 7.05. The van der Waals surface area contributed by atoms with Crippen molar-refractivity contribution in [1.29, 1.82) is 0 Å². The molecule has 0 radical (unpaired) electrons. The van der Waals surface area contributed by atoms with Crippen LogP contribution in [0.15, 0.2) is 23.2 Å². The van der Waals surface area contributed by atoms with Gasteiger partial charge < -0.3 is 15.2 Å². The van der Waals surface area contributed by atoms with Crippen molar-refractivity contribution in [3.05, 3.63) is 46.8 Å². The zero-order valence-electron chi connectivity index (χ0n) is 13.7. The Morgan fingerprint density at radius 1 is 1.22 bits per heavy atom. The Hall–Kier alpha value is -1.71. The second-order valence-electron chi connectivity index (χ2n) is 5.09. The third-order valence-corrected chi connectivity index (χ3v) is 3.52. The van der Waals surface area contributed by atoms with Gasteiger partial charge in [0.25, 0.3) is 0 Å². The van der Waals surface area contributed by atoms with Crippen LogP contribution < -0.4 is 10.6 Å². The van der Waals surface area contributed by atoms with Crippen molar-refractivity contribution in [3.63, 3.8) is 0 Å². The van der Waals surface area contributed by atoms with Gasteiger partial charge >= 0.3 is 0 Å². The summed E-state index contributed by atoms with van der Waals surface area (Å²) in [5.74, 6) is 2.11. The van der Waals surface area contributed by atoms with Crippen LogP contribution >= 0.6 is 24.0 Å². The summed E-state index contributed by atoms with van der Waals surface area (Å²) in [6.45, 7) is 4.65. The fourth-order valence-corrected chi connectivity index (χ4v) is 1.92. The van der Waals surface area contributed by atoms with Gasteiger partial charge in [-0.05, 0) is 31.0 Å². The molecule has 0 amide bonds. The third-order valence-electron chi connectivity index (χ3n) is 3.52. The molecule has 6 nitrogen and oxygen atoms in total. The molecular formula is C15H22FIN6. The summed E-state index contributed by atoms with van der Waals surface area (Å²) in [7, 11) is 3.60. The van der Waals surface area contributed by atoms with Gasteiger partial charge in [0.1, 0.15) is 11.6 Å². The Morgan fingerprint density at radius 2 is 1.91 bits per heavy atom. The van der Waals surface area contributed by atoms with Gasteiger partial charge in [0, 0.05) is 20.6 Å². The predicted octanol–water partition coefficient (Wildman–Crippen LogP) is 2.05. The molecular weight excluding hydrogens is 410 g/mol. The molecule has 0 fully saturated rings. The minimum atomic E-state index is -0.197. The monoisotopic (exact) mass is 432 g/mol. The summed E-state index contributed by atoms with van der Waals surface area (Å²) in [5, 5.41) is 14.4. The molecule has 0 saturated heterocycles. The fourth-order valence-electron chi connectivity index (χ4n) is 1.92. The summed E-state index contributed by atoms with van der Waals surface area (Å²) < 4.78 is 15.4. The molecule has 0 aliphatic carbocycles. The molecule has 1 aromatic heterocycles. The first-order chi connectivity index (χ1) is 10.5. The molecule has 126 valence electrons. The maximum absolute atomic E-state index is 13.5. The molecule has 2 rings (SSSR count). The molecule has 0 unspecified atom stereocenters. The van der Waals surface area contributed by atoms with E-state index in [4.69, 9.17) is 0 Å². The van der Waals surface area contributed by atoms with Crippen molar-refractivity contribution in [2.75, 3.05) is 7.05 Å². The fraction of sp³-hybridized carbons (Fsp3) is 0.400. The van der Waals surface area contributed by atoms with E-state index in [0.29, 0.717) is 24.6 Å². The van der Waals surface area contributed by atoms with Crippen LogP contribution in [0.4, 0.5) is 4.39 Å². The molecule has 23 heavy (non-hydrogen) atoms. The molecule has 0 bridgehead atoms. The van der Waals surface area contributed by atoms with E-state index in [1.165, 1.54) is 6.07 Å². The van der Waals surface area contributed by atoms with Gasteiger partial charge in [0.15, 0.2) is 11.8 Å². The van der Waals surface area contributed by atoms with Crippen molar-refractivity contribution in [3.8, 4) is 0 Å². The number of guanidine groups is 1. The summed E-state index contributed by atoms with van der Waals surface area (Å²) in [5.41, 5.74) is 1.50. The van der Waals surface area contributed by atoms with Gasteiger partial charge in [-0.1, -0.05) is 12.1 Å². The average molecular weight is 432 g/mol. The third kappa shape index (κ3) is 5.15. The number of aliphatic imine (C=N–C) groups is 1. The lowest BCUT2D eigenvalue weighted by atomic mass is 10.1. The highest BCUT2D eigenvalue weighted by molar-refractivity contribution is 14.0. The van der Waals surface area contributed by atoms with Crippen molar-refractivity contribution in [1.82, 2.24) is 25.4 Å². The lowest BCUT2D eigenvalue weighted by Crippen LogP contribution is -2.37. The molecule has 2 N–H and O–H groups in total. The quantitative estimate of drug-likeness (QED) is 0.441. The molecule has 0 spiro atoms. The number of nitrogens with one attached hydrogen (secondary N) is 2. The van der Waals surface area contributed by atoms with Gasteiger partial charge in [0.2, 0.25) is 0 Å². The van der Waals surface area contributed by atoms with Gasteiger partial charge in [0.05, 0.1) is 6.54 Å².